The van der Waals surface area contributed by atoms with Crippen LogP contribution < -0.4 is 16.1 Å². The van der Waals surface area contributed by atoms with E-state index in [4.69, 9.17) is 5.73 Å². The Bertz CT molecular complexity index is 1360. The van der Waals surface area contributed by atoms with Gasteiger partial charge in [-0.15, -0.1) is 0 Å². The van der Waals surface area contributed by atoms with E-state index in [2.05, 4.69) is 4.98 Å². The third kappa shape index (κ3) is 2.82. The molecule has 0 amide bonds. The van der Waals surface area contributed by atoms with Gasteiger partial charge in [0.05, 0.1) is 11.1 Å². The molecule has 3 atom stereocenters. The van der Waals surface area contributed by atoms with E-state index in [0.29, 0.717) is 19.2 Å². The topological polar surface area (TPSA) is 101 Å². The van der Waals surface area contributed by atoms with Crippen LogP contribution in [0.5, 0.6) is 0 Å². The van der Waals surface area contributed by atoms with E-state index in [1.54, 1.807) is 4.90 Å². The Morgan fingerprint density at radius 1 is 1.25 bits per heavy atom. The Morgan fingerprint density at radius 3 is 2.62 bits per heavy atom. The van der Waals surface area contributed by atoms with Gasteiger partial charge in [0.25, 0.3) is 0 Å². The molecule has 1 aromatic carbocycles. The second-order valence-electron chi connectivity index (χ2n) is 8.73. The van der Waals surface area contributed by atoms with Crippen molar-refractivity contribution in [2.24, 2.45) is 17.1 Å². The van der Waals surface area contributed by atoms with E-state index in [9.17, 15) is 23.5 Å². The SMILES string of the molecule is C[C@]12CN(c3nc4c(cc3F)c(=O)c(C(=O)O)cn4-c3ccc(F)cc3F)C[C@H]1C[C@H]2N. The number of carbonyl (C=O) groups is 1. The van der Waals surface area contributed by atoms with Gasteiger partial charge in [0.2, 0.25) is 5.43 Å². The summed E-state index contributed by atoms with van der Waals surface area (Å²) >= 11 is 0. The lowest BCUT2D eigenvalue weighted by molar-refractivity contribution is 0.0695. The molecule has 5 rings (SSSR count). The molecule has 1 saturated heterocycles. The van der Waals surface area contributed by atoms with Crippen LogP contribution in [0.25, 0.3) is 16.7 Å². The summed E-state index contributed by atoms with van der Waals surface area (Å²) in [5.41, 5.74) is 3.98. The molecule has 3 N–H and O–H groups in total. The van der Waals surface area contributed by atoms with Gasteiger partial charge in [-0.25, -0.2) is 22.9 Å². The average Bonchev–Trinajstić information content (AvgIpc) is 3.00. The molecule has 2 fully saturated rings. The van der Waals surface area contributed by atoms with Crippen LogP contribution in [-0.4, -0.2) is 39.8 Å². The molecule has 0 radical (unpaired) electrons. The highest BCUT2D eigenvalue weighted by Crippen LogP contribution is 2.51. The third-order valence-corrected chi connectivity index (χ3v) is 6.90. The number of aromatic carboxylic acids is 1. The Balaban J connectivity index is 1.75. The number of halogens is 3. The van der Waals surface area contributed by atoms with Gasteiger partial charge in [0, 0.05) is 36.8 Å². The van der Waals surface area contributed by atoms with Crippen molar-refractivity contribution in [1.29, 1.82) is 0 Å². The fourth-order valence-electron chi connectivity index (χ4n) is 4.87. The number of fused-ring (bicyclic) bond motifs is 2. The molecular formula is C22H19F3N4O3. The minimum absolute atomic E-state index is 0.00867. The van der Waals surface area contributed by atoms with Crippen molar-refractivity contribution in [3.63, 3.8) is 0 Å². The average molecular weight is 444 g/mol. The van der Waals surface area contributed by atoms with Crippen molar-refractivity contribution in [2.45, 2.75) is 19.4 Å². The van der Waals surface area contributed by atoms with E-state index >= 15 is 4.39 Å². The van der Waals surface area contributed by atoms with Gasteiger partial charge in [-0.3, -0.25) is 9.36 Å². The van der Waals surface area contributed by atoms with Crippen LogP contribution in [0.15, 0.2) is 35.3 Å². The third-order valence-electron chi connectivity index (χ3n) is 6.90. The summed E-state index contributed by atoms with van der Waals surface area (Å²) in [6, 6.07) is 3.64. The summed E-state index contributed by atoms with van der Waals surface area (Å²) in [6.07, 6.45) is 1.73. The maximum atomic E-state index is 15.1. The minimum atomic E-state index is -1.56. The molecule has 0 unspecified atom stereocenters. The van der Waals surface area contributed by atoms with Crippen LogP contribution in [0.4, 0.5) is 19.0 Å². The summed E-state index contributed by atoms with van der Waals surface area (Å²) in [6.45, 7) is 3.03. The number of carboxylic acids is 1. The van der Waals surface area contributed by atoms with E-state index < -0.39 is 34.4 Å². The van der Waals surface area contributed by atoms with Crippen molar-refractivity contribution >= 4 is 22.8 Å². The summed E-state index contributed by atoms with van der Waals surface area (Å²) in [4.78, 5) is 30.4. The monoisotopic (exact) mass is 444 g/mol. The first-order valence-electron chi connectivity index (χ1n) is 10.1. The lowest BCUT2D eigenvalue weighted by atomic mass is 9.60. The van der Waals surface area contributed by atoms with Crippen molar-refractivity contribution in [3.05, 3.63) is 63.7 Å². The maximum absolute atomic E-state index is 15.1. The first kappa shape index (κ1) is 20.5. The fourth-order valence-corrected chi connectivity index (χ4v) is 4.87. The molecule has 0 bridgehead atoms. The minimum Gasteiger partial charge on any atom is -0.477 e. The van der Waals surface area contributed by atoms with E-state index in [0.717, 1.165) is 35.4 Å². The molecule has 2 aliphatic rings. The lowest BCUT2D eigenvalue weighted by Gasteiger charge is -2.47. The summed E-state index contributed by atoms with van der Waals surface area (Å²) in [7, 11) is 0. The molecule has 2 aromatic heterocycles. The zero-order chi connectivity index (χ0) is 22.9. The number of nitrogens with two attached hydrogens (primary N) is 1. The quantitative estimate of drug-likeness (QED) is 0.644. The molecule has 1 aliphatic heterocycles. The molecule has 7 nitrogen and oxygen atoms in total. The normalized spacial score (nSPS) is 24.5. The van der Waals surface area contributed by atoms with Gasteiger partial charge in [-0.1, -0.05) is 6.92 Å². The highest BCUT2D eigenvalue weighted by molar-refractivity contribution is 5.92. The van der Waals surface area contributed by atoms with Crippen molar-refractivity contribution in [3.8, 4) is 5.69 Å². The van der Waals surface area contributed by atoms with E-state index in [1.807, 2.05) is 6.92 Å². The Morgan fingerprint density at radius 2 is 2.00 bits per heavy atom. The molecule has 1 saturated carbocycles. The van der Waals surface area contributed by atoms with Crippen molar-refractivity contribution in [1.82, 2.24) is 9.55 Å². The number of nitrogens with zero attached hydrogens (tertiary/aromatic N) is 3. The smallest absolute Gasteiger partial charge is 0.341 e. The van der Waals surface area contributed by atoms with Crippen molar-refractivity contribution in [2.75, 3.05) is 18.0 Å². The standard InChI is InChI=1S/C22H19F3N4O3/c1-22-9-28(7-10(22)4-17(22)26)20-15(25)6-12-18(30)13(21(31)32)8-29(19(12)27-20)16-3-2-11(23)5-14(16)24/h2-3,5-6,8,10,17H,4,7,9,26H2,1H3,(H,31,32)/t10-,17-,22+/m1/s1. The zero-order valence-corrected chi connectivity index (χ0v) is 17.0. The van der Waals surface area contributed by atoms with Gasteiger partial charge < -0.3 is 15.7 Å². The number of carboxylic acid groups (broad SMARTS) is 1. The van der Waals surface area contributed by atoms with Crippen LogP contribution in [0.1, 0.15) is 23.7 Å². The van der Waals surface area contributed by atoms with Gasteiger partial charge in [0.15, 0.2) is 17.3 Å². The van der Waals surface area contributed by atoms with Crippen LogP contribution in [-0.2, 0) is 0 Å². The van der Waals surface area contributed by atoms with Gasteiger partial charge in [-0.2, -0.15) is 0 Å². The molecule has 3 aromatic rings. The zero-order valence-electron chi connectivity index (χ0n) is 17.0. The van der Waals surface area contributed by atoms with Gasteiger partial charge in [0.1, 0.15) is 17.2 Å². The number of aromatic nitrogens is 2. The summed E-state index contributed by atoms with van der Waals surface area (Å²) < 4.78 is 44.1. The molecule has 0 spiro atoms. The number of hydrogen-bond acceptors (Lipinski definition) is 5. The Hall–Kier alpha value is -3.40. The molecular weight excluding hydrogens is 425 g/mol. The Kier molecular flexibility index (Phi) is 4.35. The van der Waals surface area contributed by atoms with Gasteiger partial charge in [-0.05, 0) is 30.5 Å². The second kappa shape index (κ2) is 6.80. The van der Waals surface area contributed by atoms with Crippen LogP contribution in [0.3, 0.4) is 0 Å². The highest BCUT2D eigenvalue weighted by atomic mass is 19.1. The van der Waals surface area contributed by atoms with E-state index in [1.165, 1.54) is 0 Å². The highest BCUT2D eigenvalue weighted by Gasteiger charge is 2.55. The van der Waals surface area contributed by atoms with Crippen LogP contribution >= 0.6 is 0 Å². The number of anilines is 1. The molecule has 10 heteroatoms. The van der Waals surface area contributed by atoms with Crippen LogP contribution in [0, 0.1) is 28.8 Å². The first-order valence-corrected chi connectivity index (χ1v) is 10.1. The fraction of sp³-hybridized carbons (Fsp3) is 0.318. The Labute approximate surface area is 179 Å². The number of pyridine rings is 2. The summed E-state index contributed by atoms with van der Waals surface area (Å²) in [5.74, 6) is -3.92. The number of hydrogen-bond donors (Lipinski definition) is 2. The molecule has 3 heterocycles. The predicted molar refractivity (Wildman–Crippen MR) is 111 cm³/mol. The predicted octanol–water partition coefficient (Wildman–Crippen LogP) is 2.67. The van der Waals surface area contributed by atoms with Crippen LogP contribution in [0.2, 0.25) is 0 Å². The maximum Gasteiger partial charge on any atom is 0.341 e. The molecule has 32 heavy (non-hydrogen) atoms. The summed E-state index contributed by atoms with van der Waals surface area (Å²) in [5, 5.41) is 9.10. The van der Waals surface area contributed by atoms with Gasteiger partial charge >= 0.3 is 5.97 Å². The first-order chi connectivity index (χ1) is 15.1. The lowest BCUT2D eigenvalue weighted by Crippen LogP contribution is -2.55. The largest absolute Gasteiger partial charge is 0.477 e. The number of benzene rings is 1. The van der Waals surface area contributed by atoms with E-state index in [-0.39, 0.29) is 39.9 Å². The molecule has 1 aliphatic carbocycles. The molecule has 166 valence electrons. The second-order valence-corrected chi connectivity index (χ2v) is 8.73. The number of rotatable bonds is 3. The van der Waals surface area contributed by atoms with Crippen molar-refractivity contribution < 1.29 is 23.1 Å².